The van der Waals surface area contributed by atoms with Crippen LogP contribution in [0.1, 0.15) is 0 Å². The molecule has 150 valence electrons. The number of benzene rings is 2. The summed E-state index contributed by atoms with van der Waals surface area (Å²) in [4.78, 5) is 13.3. The normalized spacial score (nSPS) is 10.2. The van der Waals surface area contributed by atoms with Gasteiger partial charge in [-0.2, -0.15) is 0 Å². The third-order valence-corrected chi connectivity index (χ3v) is 4.05. The van der Waals surface area contributed by atoms with Crippen LogP contribution in [-0.2, 0) is 0 Å². The number of aromatic hydroxyl groups is 4. The number of hydrogen-bond donors (Lipinski definition) is 5. The SMILES string of the molecule is Cl.Cl.Nc1ccc2nc(-c3ccc(O)c(O)c3)c(-c3ccc(O)c(O)c3)nc2n1. The molecule has 0 bridgehead atoms. The van der Waals surface area contributed by atoms with Crippen molar-refractivity contribution in [2.45, 2.75) is 0 Å². The molecule has 4 rings (SSSR count). The molecule has 0 aliphatic carbocycles. The second-order valence-electron chi connectivity index (χ2n) is 5.91. The zero-order chi connectivity index (χ0) is 19.1. The van der Waals surface area contributed by atoms with Crippen molar-refractivity contribution in [2.75, 3.05) is 5.73 Å². The Morgan fingerprint density at radius 1 is 0.586 bits per heavy atom. The number of phenols is 4. The maximum Gasteiger partial charge on any atom is 0.180 e. The van der Waals surface area contributed by atoms with Gasteiger partial charge in [0, 0.05) is 11.1 Å². The van der Waals surface area contributed by atoms with Crippen molar-refractivity contribution in [3.63, 3.8) is 0 Å². The number of pyridine rings is 1. The first kappa shape index (κ1) is 21.8. The number of nitrogens with zero attached hydrogens (tertiary/aromatic N) is 3. The van der Waals surface area contributed by atoms with E-state index in [1.165, 1.54) is 24.3 Å². The molecule has 0 radical (unpaired) electrons. The van der Waals surface area contributed by atoms with Crippen LogP contribution < -0.4 is 5.73 Å². The number of phenolic OH excluding ortho intramolecular Hbond substituents is 4. The van der Waals surface area contributed by atoms with Gasteiger partial charge in [-0.05, 0) is 48.5 Å². The van der Waals surface area contributed by atoms with Gasteiger partial charge in [-0.1, -0.05) is 0 Å². The summed E-state index contributed by atoms with van der Waals surface area (Å²) >= 11 is 0. The zero-order valence-electron chi connectivity index (χ0n) is 14.6. The first-order valence-corrected chi connectivity index (χ1v) is 7.91. The Bertz CT molecular complexity index is 1200. The lowest BCUT2D eigenvalue weighted by atomic mass is 10.0. The first-order chi connectivity index (χ1) is 12.9. The molecule has 0 fully saturated rings. The molecular weight excluding hydrogens is 419 g/mol. The van der Waals surface area contributed by atoms with Crippen molar-refractivity contribution in [3.05, 3.63) is 48.5 Å². The highest BCUT2D eigenvalue weighted by molar-refractivity contribution is 5.86. The Morgan fingerprint density at radius 2 is 1.10 bits per heavy atom. The molecule has 4 aromatic rings. The lowest BCUT2D eigenvalue weighted by Crippen LogP contribution is -1.99. The van der Waals surface area contributed by atoms with Crippen LogP contribution in [0, 0.1) is 0 Å². The molecule has 2 heterocycles. The number of fused-ring (bicyclic) bond motifs is 1. The van der Waals surface area contributed by atoms with E-state index >= 15 is 0 Å². The molecule has 0 saturated carbocycles. The number of nitrogen functional groups attached to an aromatic ring is 1. The summed E-state index contributed by atoms with van der Waals surface area (Å²) in [6, 6.07) is 11.8. The smallest absolute Gasteiger partial charge is 0.180 e. The van der Waals surface area contributed by atoms with Gasteiger partial charge in [-0.15, -0.1) is 24.8 Å². The van der Waals surface area contributed by atoms with Crippen LogP contribution in [0.25, 0.3) is 33.7 Å². The van der Waals surface area contributed by atoms with E-state index in [-0.39, 0.29) is 53.6 Å². The average molecular weight is 435 g/mol. The summed E-state index contributed by atoms with van der Waals surface area (Å²) in [5, 5.41) is 38.9. The van der Waals surface area contributed by atoms with E-state index in [0.29, 0.717) is 33.7 Å². The monoisotopic (exact) mass is 434 g/mol. The van der Waals surface area contributed by atoms with E-state index in [9.17, 15) is 20.4 Å². The highest BCUT2D eigenvalue weighted by Crippen LogP contribution is 2.37. The van der Waals surface area contributed by atoms with E-state index in [1.807, 2.05) is 0 Å². The second-order valence-corrected chi connectivity index (χ2v) is 5.91. The highest BCUT2D eigenvalue weighted by Gasteiger charge is 2.16. The Morgan fingerprint density at radius 3 is 1.62 bits per heavy atom. The number of nitrogens with two attached hydrogens (primary N) is 1. The Balaban J connectivity index is 0.00000150. The molecule has 0 amide bonds. The largest absolute Gasteiger partial charge is 0.504 e. The molecule has 6 N–H and O–H groups in total. The fourth-order valence-corrected chi connectivity index (χ4v) is 2.70. The molecule has 0 saturated heterocycles. The van der Waals surface area contributed by atoms with Crippen molar-refractivity contribution in [2.24, 2.45) is 0 Å². The summed E-state index contributed by atoms with van der Waals surface area (Å²) in [7, 11) is 0. The number of hydrogen-bond acceptors (Lipinski definition) is 8. The minimum atomic E-state index is -0.311. The Labute approximate surface area is 177 Å². The summed E-state index contributed by atoms with van der Waals surface area (Å²) in [6.07, 6.45) is 0. The lowest BCUT2D eigenvalue weighted by molar-refractivity contribution is 0.404. The van der Waals surface area contributed by atoms with E-state index in [0.717, 1.165) is 0 Å². The second kappa shape index (κ2) is 8.26. The van der Waals surface area contributed by atoms with Gasteiger partial charge in [-0.25, -0.2) is 15.0 Å². The van der Waals surface area contributed by atoms with E-state index in [4.69, 9.17) is 5.73 Å². The Kier molecular flexibility index (Phi) is 6.21. The maximum absolute atomic E-state index is 9.85. The summed E-state index contributed by atoms with van der Waals surface area (Å²) < 4.78 is 0. The highest BCUT2D eigenvalue weighted by atomic mass is 35.5. The van der Waals surface area contributed by atoms with Crippen molar-refractivity contribution in [1.82, 2.24) is 15.0 Å². The van der Waals surface area contributed by atoms with Gasteiger partial charge in [0.1, 0.15) is 11.3 Å². The van der Waals surface area contributed by atoms with Crippen LogP contribution in [0.2, 0.25) is 0 Å². The van der Waals surface area contributed by atoms with Gasteiger partial charge in [0.15, 0.2) is 28.6 Å². The molecule has 0 spiro atoms. The molecule has 2 aromatic carbocycles. The van der Waals surface area contributed by atoms with Crippen molar-refractivity contribution in [1.29, 1.82) is 0 Å². The first-order valence-electron chi connectivity index (χ1n) is 7.91. The third-order valence-electron chi connectivity index (χ3n) is 4.05. The van der Waals surface area contributed by atoms with Gasteiger partial charge in [-0.3, -0.25) is 0 Å². The minimum Gasteiger partial charge on any atom is -0.504 e. The molecule has 0 aliphatic heterocycles. The van der Waals surface area contributed by atoms with Crippen LogP contribution in [0.3, 0.4) is 0 Å². The summed E-state index contributed by atoms with van der Waals surface area (Å²) in [5.41, 5.74) is 8.26. The molecular formula is C19H16Cl2N4O4. The molecule has 10 heteroatoms. The maximum atomic E-state index is 9.85. The number of rotatable bonds is 2. The molecule has 0 aliphatic rings. The van der Waals surface area contributed by atoms with Crippen molar-refractivity contribution < 1.29 is 20.4 Å². The van der Waals surface area contributed by atoms with E-state index in [2.05, 4.69) is 15.0 Å². The van der Waals surface area contributed by atoms with Gasteiger partial charge >= 0.3 is 0 Å². The molecule has 8 nitrogen and oxygen atoms in total. The van der Waals surface area contributed by atoms with Gasteiger partial charge in [0.05, 0.1) is 11.4 Å². The van der Waals surface area contributed by atoms with Crippen molar-refractivity contribution >= 4 is 41.8 Å². The van der Waals surface area contributed by atoms with Crippen molar-refractivity contribution in [3.8, 4) is 45.5 Å². The van der Waals surface area contributed by atoms with Gasteiger partial charge in [0.25, 0.3) is 0 Å². The average Bonchev–Trinajstić information content (AvgIpc) is 2.65. The molecule has 2 aromatic heterocycles. The van der Waals surface area contributed by atoms with Crippen LogP contribution in [0.4, 0.5) is 5.82 Å². The van der Waals surface area contributed by atoms with Crippen LogP contribution in [0.15, 0.2) is 48.5 Å². The van der Waals surface area contributed by atoms with Gasteiger partial charge in [0.2, 0.25) is 0 Å². The van der Waals surface area contributed by atoms with Gasteiger partial charge < -0.3 is 26.2 Å². The Hall–Kier alpha value is -3.49. The summed E-state index contributed by atoms with van der Waals surface area (Å²) in [5.74, 6) is -0.852. The quantitative estimate of drug-likeness (QED) is 0.300. The predicted octanol–water partition coefficient (Wildman–Crippen LogP) is 3.61. The predicted molar refractivity (Wildman–Crippen MR) is 114 cm³/mol. The fraction of sp³-hybridized carbons (Fsp3) is 0. The summed E-state index contributed by atoms with van der Waals surface area (Å²) in [6.45, 7) is 0. The fourth-order valence-electron chi connectivity index (χ4n) is 2.70. The van der Waals surface area contributed by atoms with E-state index in [1.54, 1.807) is 24.3 Å². The van der Waals surface area contributed by atoms with Crippen LogP contribution in [0.5, 0.6) is 23.0 Å². The standard InChI is InChI=1S/C19H14N4O4.2ClH/c20-16-6-3-11-19(22-16)23-18(10-2-5-13(25)15(27)8-10)17(21-11)9-1-4-12(24)14(26)7-9;;/h1-8,24-27H,(H2,20,22,23);2*1H. The van der Waals surface area contributed by atoms with E-state index < -0.39 is 0 Å². The number of anilines is 1. The molecule has 0 atom stereocenters. The number of aromatic nitrogens is 3. The molecule has 29 heavy (non-hydrogen) atoms. The number of halogens is 2. The topological polar surface area (TPSA) is 146 Å². The third kappa shape index (κ3) is 4.03. The lowest BCUT2D eigenvalue weighted by Gasteiger charge is -2.11. The van der Waals surface area contributed by atoms with Crippen LogP contribution in [-0.4, -0.2) is 35.4 Å². The zero-order valence-corrected chi connectivity index (χ0v) is 16.3. The minimum absolute atomic E-state index is 0. The molecule has 0 unspecified atom stereocenters. The van der Waals surface area contributed by atoms with Crippen LogP contribution >= 0.6 is 24.8 Å².